The van der Waals surface area contributed by atoms with Gasteiger partial charge in [-0.2, -0.15) is 0 Å². The predicted molar refractivity (Wildman–Crippen MR) is 79.8 cm³/mol. The summed E-state index contributed by atoms with van der Waals surface area (Å²) in [5, 5.41) is 1.06. The first kappa shape index (κ1) is 13.8. The van der Waals surface area contributed by atoms with Crippen LogP contribution >= 0.6 is 23.2 Å². The molecule has 0 saturated carbocycles. The fourth-order valence-electron chi connectivity index (χ4n) is 2.51. The summed E-state index contributed by atoms with van der Waals surface area (Å²) in [4.78, 5) is 4.56. The molecule has 1 aromatic carbocycles. The molecule has 1 aromatic rings. The molecular formula is C13H19Cl2N3. The maximum atomic E-state index is 6.07. The first-order valence-corrected chi connectivity index (χ1v) is 6.90. The van der Waals surface area contributed by atoms with Gasteiger partial charge in [-0.1, -0.05) is 23.2 Å². The number of likely N-dealkylation sites (tertiary alicyclic amines) is 1. The van der Waals surface area contributed by atoms with Crippen LogP contribution in [0, 0.1) is 0 Å². The van der Waals surface area contributed by atoms with Crippen molar-refractivity contribution in [2.75, 3.05) is 37.8 Å². The zero-order valence-electron chi connectivity index (χ0n) is 10.8. The molecule has 1 saturated heterocycles. The summed E-state index contributed by atoms with van der Waals surface area (Å²) in [7, 11) is 4.22. The first-order valence-electron chi connectivity index (χ1n) is 6.15. The minimum Gasteiger partial charge on any atom is -0.397 e. The Morgan fingerprint density at radius 1 is 1.33 bits per heavy atom. The molecule has 1 aliphatic heterocycles. The first-order chi connectivity index (χ1) is 8.49. The highest BCUT2D eigenvalue weighted by Crippen LogP contribution is 2.34. The number of hydrogen-bond donors (Lipinski definition) is 1. The van der Waals surface area contributed by atoms with Gasteiger partial charge in [-0.15, -0.1) is 0 Å². The number of halogens is 2. The molecule has 0 aliphatic carbocycles. The number of anilines is 2. The fourth-order valence-corrected chi connectivity index (χ4v) is 2.84. The highest BCUT2D eigenvalue weighted by Gasteiger charge is 2.22. The molecule has 0 radical (unpaired) electrons. The van der Waals surface area contributed by atoms with Crippen molar-refractivity contribution < 1.29 is 0 Å². The Bertz CT molecular complexity index is 436. The van der Waals surface area contributed by atoms with E-state index in [9.17, 15) is 0 Å². The molecule has 1 aliphatic rings. The second-order valence-corrected chi connectivity index (χ2v) is 5.81. The van der Waals surface area contributed by atoms with E-state index in [1.807, 2.05) is 6.07 Å². The van der Waals surface area contributed by atoms with Gasteiger partial charge in [-0.3, -0.25) is 0 Å². The molecule has 1 unspecified atom stereocenters. The normalized spacial score (nSPS) is 21.0. The second kappa shape index (κ2) is 5.55. The molecular weight excluding hydrogens is 269 g/mol. The van der Waals surface area contributed by atoms with Crippen molar-refractivity contribution in [1.82, 2.24) is 4.90 Å². The van der Waals surface area contributed by atoms with E-state index in [0.717, 1.165) is 12.2 Å². The van der Waals surface area contributed by atoms with E-state index in [-0.39, 0.29) is 0 Å². The summed E-state index contributed by atoms with van der Waals surface area (Å²) < 4.78 is 0. The lowest BCUT2D eigenvalue weighted by molar-refractivity contribution is 0.248. The third kappa shape index (κ3) is 2.85. The van der Waals surface area contributed by atoms with Crippen LogP contribution in [0.2, 0.25) is 10.0 Å². The average molecular weight is 288 g/mol. The van der Waals surface area contributed by atoms with Crippen molar-refractivity contribution in [3.05, 3.63) is 22.2 Å². The van der Waals surface area contributed by atoms with Gasteiger partial charge in [0.05, 0.1) is 21.4 Å². The molecule has 0 spiro atoms. The molecule has 0 amide bonds. The molecule has 1 fully saturated rings. The van der Waals surface area contributed by atoms with Gasteiger partial charge in [-0.05, 0) is 38.6 Å². The molecule has 2 rings (SSSR count). The highest BCUT2D eigenvalue weighted by atomic mass is 35.5. The Kier molecular flexibility index (Phi) is 4.25. The maximum absolute atomic E-state index is 6.07. The average Bonchev–Trinajstić information content (AvgIpc) is 2.33. The summed E-state index contributed by atoms with van der Waals surface area (Å²) in [6.07, 6.45) is 2.40. The standard InChI is InChI=1S/C13H19Cl2N3/c1-17-5-3-4-9(8-17)18(2)13-7-11(15)10(14)6-12(13)16/h6-7,9H,3-5,8,16H2,1-2H3. The minimum atomic E-state index is 0.475. The summed E-state index contributed by atoms with van der Waals surface area (Å²) >= 11 is 12.0. The van der Waals surface area contributed by atoms with E-state index in [4.69, 9.17) is 28.9 Å². The van der Waals surface area contributed by atoms with Crippen LogP contribution in [0.4, 0.5) is 11.4 Å². The number of nitrogens with two attached hydrogens (primary N) is 1. The van der Waals surface area contributed by atoms with Gasteiger partial charge in [0.1, 0.15) is 0 Å². The Morgan fingerprint density at radius 3 is 2.67 bits per heavy atom. The number of rotatable bonds is 2. The zero-order chi connectivity index (χ0) is 13.3. The highest BCUT2D eigenvalue weighted by molar-refractivity contribution is 6.42. The molecule has 5 heteroatoms. The van der Waals surface area contributed by atoms with Gasteiger partial charge >= 0.3 is 0 Å². The SMILES string of the molecule is CN1CCCC(N(C)c2cc(Cl)c(Cl)cc2N)C1. The Labute approximate surface area is 118 Å². The van der Waals surface area contributed by atoms with Crippen LogP contribution < -0.4 is 10.6 Å². The van der Waals surface area contributed by atoms with Crippen LogP contribution in [-0.2, 0) is 0 Å². The van der Waals surface area contributed by atoms with Gasteiger partial charge in [0, 0.05) is 19.6 Å². The molecule has 2 N–H and O–H groups in total. The van der Waals surface area contributed by atoms with Crippen LogP contribution in [0.1, 0.15) is 12.8 Å². The van der Waals surface area contributed by atoms with E-state index in [1.165, 1.54) is 19.4 Å². The molecule has 0 bridgehead atoms. The van der Waals surface area contributed by atoms with Crippen molar-refractivity contribution in [2.24, 2.45) is 0 Å². The minimum absolute atomic E-state index is 0.475. The molecule has 1 heterocycles. The summed E-state index contributed by atoms with van der Waals surface area (Å²) in [5.41, 5.74) is 7.68. The molecule has 3 nitrogen and oxygen atoms in total. The van der Waals surface area contributed by atoms with Crippen molar-refractivity contribution in [3.63, 3.8) is 0 Å². The van der Waals surface area contributed by atoms with Crippen LogP contribution in [0.5, 0.6) is 0 Å². The smallest absolute Gasteiger partial charge is 0.0616 e. The number of hydrogen-bond acceptors (Lipinski definition) is 3. The van der Waals surface area contributed by atoms with Crippen molar-refractivity contribution >= 4 is 34.6 Å². The second-order valence-electron chi connectivity index (χ2n) is 4.99. The number of nitrogens with zero attached hydrogens (tertiary/aromatic N) is 2. The largest absolute Gasteiger partial charge is 0.397 e. The quantitative estimate of drug-likeness (QED) is 0.849. The van der Waals surface area contributed by atoms with Crippen LogP contribution in [0.15, 0.2) is 12.1 Å². The molecule has 1 atom stereocenters. The Balaban J connectivity index is 2.22. The molecule has 0 aromatic heterocycles. The van der Waals surface area contributed by atoms with Crippen molar-refractivity contribution in [2.45, 2.75) is 18.9 Å². The third-order valence-corrected chi connectivity index (χ3v) is 4.32. The maximum Gasteiger partial charge on any atom is 0.0616 e. The Morgan fingerprint density at radius 2 is 2.00 bits per heavy atom. The summed E-state index contributed by atoms with van der Waals surface area (Å²) in [5.74, 6) is 0. The van der Waals surface area contributed by atoms with Gasteiger partial charge in [0.15, 0.2) is 0 Å². The number of likely N-dealkylation sites (N-methyl/N-ethyl adjacent to an activating group) is 2. The number of benzene rings is 1. The summed E-state index contributed by atoms with van der Waals surface area (Å²) in [6, 6.07) is 4.05. The van der Waals surface area contributed by atoms with Gasteiger partial charge in [0.25, 0.3) is 0 Å². The van der Waals surface area contributed by atoms with Gasteiger partial charge in [-0.25, -0.2) is 0 Å². The lowest BCUT2D eigenvalue weighted by Gasteiger charge is -2.37. The molecule has 100 valence electrons. The van der Waals surface area contributed by atoms with E-state index < -0.39 is 0 Å². The number of piperidine rings is 1. The summed E-state index contributed by atoms with van der Waals surface area (Å²) in [6.45, 7) is 2.22. The van der Waals surface area contributed by atoms with Crippen molar-refractivity contribution in [1.29, 1.82) is 0 Å². The number of nitrogen functional groups attached to an aromatic ring is 1. The fraction of sp³-hybridized carbons (Fsp3) is 0.538. The van der Waals surface area contributed by atoms with Crippen LogP contribution in [-0.4, -0.2) is 38.1 Å². The monoisotopic (exact) mass is 287 g/mol. The van der Waals surface area contributed by atoms with Gasteiger partial charge in [0.2, 0.25) is 0 Å². The Hall–Kier alpha value is -0.640. The van der Waals surface area contributed by atoms with Gasteiger partial charge < -0.3 is 15.5 Å². The van der Waals surface area contributed by atoms with E-state index in [1.54, 1.807) is 6.07 Å². The lowest BCUT2D eigenvalue weighted by Crippen LogP contribution is -2.45. The van der Waals surface area contributed by atoms with E-state index >= 15 is 0 Å². The lowest BCUT2D eigenvalue weighted by atomic mass is 10.0. The van der Waals surface area contributed by atoms with Crippen molar-refractivity contribution in [3.8, 4) is 0 Å². The van der Waals surface area contributed by atoms with Crippen LogP contribution in [0.3, 0.4) is 0 Å². The predicted octanol–water partition coefficient (Wildman–Crippen LogP) is 3.11. The topological polar surface area (TPSA) is 32.5 Å². The zero-order valence-corrected chi connectivity index (χ0v) is 12.3. The van der Waals surface area contributed by atoms with E-state index in [2.05, 4.69) is 23.9 Å². The van der Waals surface area contributed by atoms with E-state index in [0.29, 0.717) is 21.8 Å². The third-order valence-electron chi connectivity index (χ3n) is 3.60. The molecule has 18 heavy (non-hydrogen) atoms. The van der Waals surface area contributed by atoms with Crippen LogP contribution in [0.25, 0.3) is 0 Å².